The lowest BCUT2D eigenvalue weighted by Gasteiger charge is -2.42. The van der Waals surface area contributed by atoms with Gasteiger partial charge in [0.05, 0.1) is 16.7 Å². The lowest BCUT2D eigenvalue weighted by Crippen LogP contribution is -2.57. The Balaban J connectivity index is 1.68. The molecule has 2 heterocycles. The number of hydrogen-bond donors (Lipinski definition) is 4. The van der Waals surface area contributed by atoms with E-state index >= 15 is 0 Å². The van der Waals surface area contributed by atoms with Gasteiger partial charge in [0.15, 0.2) is 0 Å². The predicted molar refractivity (Wildman–Crippen MR) is 142 cm³/mol. The van der Waals surface area contributed by atoms with Gasteiger partial charge in [-0.05, 0) is 67.0 Å². The van der Waals surface area contributed by atoms with Crippen molar-refractivity contribution in [1.82, 2.24) is 10.6 Å². The molecule has 0 unspecified atom stereocenters. The number of aliphatic hydroxyl groups is 1. The Morgan fingerprint density at radius 2 is 1.92 bits per heavy atom. The normalized spacial score (nSPS) is 32.7. The fraction of sp³-hybridized carbons (Fsp3) is 0.500. The van der Waals surface area contributed by atoms with Gasteiger partial charge in [-0.2, -0.15) is 0 Å². The van der Waals surface area contributed by atoms with Gasteiger partial charge in [0, 0.05) is 28.7 Å². The minimum atomic E-state index is -1.29. The highest BCUT2D eigenvalue weighted by Crippen LogP contribution is 2.57. The summed E-state index contributed by atoms with van der Waals surface area (Å²) >= 11 is 12.5. The highest BCUT2D eigenvalue weighted by molar-refractivity contribution is 6.31. The summed E-state index contributed by atoms with van der Waals surface area (Å²) in [6.45, 7) is 7.94. The summed E-state index contributed by atoms with van der Waals surface area (Å²) in [5, 5.41) is 20.0. The van der Waals surface area contributed by atoms with Crippen LogP contribution in [0.25, 0.3) is 0 Å². The van der Waals surface area contributed by atoms with Crippen LogP contribution in [0.5, 0.6) is 0 Å². The van der Waals surface area contributed by atoms with Crippen molar-refractivity contribution in [3.63, 3.8) is 0 Å². The summed E-state index contributed by atoms with van der Waals surface area (Å²) in [7, 11) is 0. The number of carbonyl (C=O) groups is 2. The van der Waals surface area contributed by atoms with Crippen LogP contribution in [0.4, 0.5) is 10.1 Å². The molecule has 1 aliphatic carbocycles. The molecule has 2 fully saturated rings. The monoisotopic (exact) mass is 547 g/mol. The minimum absolute atomic E-state index is 0.0833. The molecule has 0 radical (unpaired) electrons. The van der Waals surface area contributed by atoms with E-state index in [1.165, 1.54) is 12.1 Å². The number of anilines is 1. The third-order valence-electron chi connectivity index (χ3n) is 7.91. The Kier molecular flexibility index (Phi) is 6.38. The van der Waals surface area contributed by atoms with E-state index in [1.54, 1.807) is 25.1 Å². The zero-order valence-electron chi connectivity index (χ0n) is 21.3. The number of halogens is 3. The molecule has 3 aliphatic rings. The number of fused-ring (bicyclic) bond motifs is 2. The van der Waals surface area contributed by atoms with E-state index in [-0.39, 0.29) is 28.3 Å². The van der Waals surface area contributed by atoms with E-state index in [0.717, 1.165) is 0 Å². The average molecular weight is 548 g/mol. The van der Waals surface area contributed by atoms with Crippen molar-refractivity contribution in [2.75, 3.05) is 5.32 Å². The largest absolute Gasteiger partial charge is 0.390 e. The number of rotatable bonds is 4. The number of benzene rings is 2. The molecule has 198 valence electrons. The van der Waals surface area contributed by atoms with Crippen LogP contribution in [-0.4, -0.2) is 40.6 Å². The maximum atomic E-state index is 14.9. The van der Waals surface area contributed by atoms with E-state index in [4.69, 9.17) is 23.2 Å². The topological polar surface area (TPSA) is 90.5 Å². The molecule has 1 saturated heterocycles. The highest BCUT2D eigenvalue weighted by Gasteiger charge is 2.66. The van der Waals surface area contributed by atoms with Gasteiger partial charge in [0.25, 0.3) is 0 Å². The standard InChI is InChI=1S/C28H32Cl2FN3O3/c1-26(2,3)13-21-28(17-9-19(31)18(30)10-20(17)33-25(28)36)22(14-6-5-7-15(29)8-14)23(34-21)24(35)32-16-11-27(4,37)12-16/h5-10,16,21-23,34,37H,11-13H2,1-4H3,(H,32,35)(H,33,36)/t16-,21-,22+,23-,27-,28+/m1/s1. The Morgan fingerprint density at radius 3 is 2.54 bits per heavy atom. The van der Waals surface area contributed by atoms with Crippen LogP contribution in [0, 0.1) is 11.2 Å². The molecule has 1 spiro atoms. The Hall–Kier alpha value is -2.19. The summed E-state index contributed by atoms with van der Waals surface area (Å²) < 4.78 is 14.9. The zero-order valence-corrected chi connectivity index (χ0v) is 22.8. The Morgan fingerprint density at radius 1 is 1.22 bits per heavy atom. The van der Waals surface area contributed by atoms with Crippen molar-refractivity contribution in [1.29, 1.82) is 0 Å². The molecule has 2 aromatic carbocycles. The third-order valence-corrected chi connectivity index (χ3v) is 8.43. The van der Waals surface area contributed by atoms with Gasteiger partial charge in [-0.25, -0.2) is 4.39 Å². The molecule has 2 aromatic rings. The first-order valence-corrected chi connectivity index (χ1v) is 13.3. The fourth-order valence-corrected chi connectivity index (χ4v) is 6.89. The fourth-order valence-electron chi connectivity index (χ4n) is 6.53. The molecule has 2 aliphatic heterocycles. The lowest BCUT2D eigenvalue weighted by atomic mass is 9.62. The molecule has 6 nitrogen and oxygen atoms in total. The molecule has 2 amide bonds. The number of carbonyl (C=O) groups excluding carboxylic acids is 2. The van der Waals surface area contributed by atoms with Crippen molar-refractivity contribution in [3.8, 4) is 0 Å². The first-order valence-electron chi connectivity index (χ1n) is 12.6. The van der Waals surface area contributed by atoms with Crippen LogP contribution in [-0.2, 0) is 15.0 Å². The van der Waals surface area contributed by atoms with Gasteiger partial charge in [-0.15, -0.1) is 0 Å². The zero-order chi connectivity index (χ0) is 26.9. The smallest absolute Gasteiger partial charge is 0.238 e. The van der Waals surface area contributed by atoms with E-state index in [0.29, 0.717) is 41.1 Å². The van der Waals surface area contributed by atoms with E-state index in [9.17, 15) is 19.1 Å². The van der Waals surface area contributed by atoms with Crippen LogP contribution >= 0.6 is 23.2 Å². The van der Waals surface area contributed by atoms with Crippen molar-refractivity contribution in [2.45, 2.75) is 82.0 Å². The van der Waals surface area contributed by atoms with Crippen molar-refractivity contribution < 1.29 is 19.1 Å². The van der Waals surface area contributed by atoms with Crippen molar-refractivity contribution in [3.05, 3.63) is 63.4 Å². The van der Waals surface area contributed by atoms with Crippen LogP contribution in [0.2, 0.25) is 10.0 Å². The van der Waals surface area contributed by atoms with Gasteiger partial charge in [0.2, 0.25) is 11.8 Å². The number of amides is 2. The molecule has 9 heteroatoms. The highest BCUT2D eigenvalue weighted by atomic mass is 35.5. The SMILES string of the molecule is CC(C)(C)C[C@H]1N[C@@H](C(=O)N[C@H]2C[C@](C)(O)C2)[C@H](c2cccc(Cl)c2)[C@@]12C(=O)Nc1cc(Cl)c(F)cc12. The summed E-state index contributed by atoms with van der Waals surface area (Å²) in [5.41, 5.74) is -0.671. The van der Waals surface area contributed by atoms with E-state index in [2.05, 4.69) is 36.7 Å². The van der Waals surface area contributed by atoms with E-state index in [1.807, 2.05) is 6.07 Å². The summed E-state index contributed by atoms with van der Waals surface area (Å²) in [6.07, 6.45) is 1.46. The third kappa shape index (κ3) is 4.54. The molecule has 4 atom stereocenters. The molecular weight excluding hydrogens is 516 g/mol. The second-order valence-corrected chi connectivity index (χ2v) is 13.1. The number of hydrogen-bond acceptors (Lipinski definition) is 4. The van der Waals surface area contributed by atoms with Gasteiger partial charge >= 0.3 is 0 Å². The number of nitrogens with one attached hydrogen (secondary N) is 3. The van der Waals surface area contributed by atoms with Gasteiger partial charge in [-0.1, -0.05) is 56.1 Å². The van der Waals surface area contributed by atoms with Crippen LogP contribution in [0.3, 0.4) is 0 Å². The summed E-state index contributed by atoms with van der Waals surface area (Å²) in [5.74, 6) is -1.88. The minimum Gasteiger partial charge on any atom is -0.390 e. The Labute approximate surface area is 226 Å². The maximum absolute atomic E-state index is 14.9. The quantitative estimate of drug-likeness (QED) is 0.437. The molecule has 0 aromatic heterocycles. The first-order chi connectivity index (χ1) is 17.2. The van der Waals surface area contributed by atoms with Crippen LogP contribution in [0.15, 0.2) is 36.4 Å². The first kappa shape index (κ1) is 26.4. The Bertz CT molecular complexity index is 1270. The maximum Gasteiger partial charge on any atom is 0.238 e. The summed E-state index contributed by atoms with van der Waals surface area (Å²) in [4.78, 5) is 27.9. The molecule has 5 rings (SSSR count). The lowest BCUT2D eigenvalue weighted by molar-refractivity contribution is -0.127. The van der Waals surface area contributed by atoms with Crippen molar-refractivity contribution >= 4 is 40.7 Å². The average Bonchev–Trinajstić information content (AvgIpc) is 3.22. The van der Waals surface area contributed by atoms with Gasteiger partial charge < -0.3 is 21.1 Å². The second-order valence-electron chi connectivity index (χ2n) is 12.2. The molecule has 37 heavy (non-hydrogen) atoms. The van der Waals surface area contributed by atoms with Crippen molar-refractivity contribution in [2.24, 2.45) is 5.41 Å². The summed E-state index contributed by atoms with van der Waals surface area (Å²) in [6, 6.07) is 8.46. The van der Waals surface area contributed by atoms with E-state index < -0.39 is 34.8 Å². The molecule has 0 bridgehead atoms. The predicted octanol–water partition coefficient (Wildman–Crippen LogP) is 4.91. The molecule has 4 N–H and O–H groups in total. The molecule has 1 saturated carbocycles. The van der Waals surface area contributed by atoms with Crippen LogP contribution < -0.4 is 16.0 Å². The second kappa shape index (κ2) is 8.94. The van der Waals surface area contributed by atoms with Gasteiger partial charge in [0.1, 0.15) is 11.2 Å². The van der Waals surface area contributed by atoms with Crippen LogP contribution in [0.1, 0.15) is 64.0 Å². The van der Waals surface area contributed by atoms with Gasteiger partial charge in [-0.3, -0.25) is 9.59 Å². The molecular formula is C28H32Cl2FN3O3.